The summed E-state index contributed by atoms with van der Waals surface area (Å²) in [6.45, 7) is 2.15. The Labute approximate surface area is 116 Å². The van der Waals surface area contributed by atoms with Crippen LogP contribution in [0.3, 0.4) is 0 Å². The van der Waals surface area contributed by atoms with Gasteiger partial charge in [0.25, 0.3) is 0 Å². The first-order valence-corrected chi connectivity index (χ1v) is 8.16. The van der Waals surface area contributed by atoms with Gasteiger partial charge in [0.1, 0.15) is 0 Å². The molecule has 0 aliphatic heterocycles. The van der Waals surface area contributed by atoms with Crippen LogP contribution in [0.2, 0.25) is 0 Å². The molecule has 2 nitrogen and oxygen atoms in total. The standard InChI is InChI=1S/C13H20BrNOS/c1-2-6-11(12-7-5-10-17-12)15-13(16)8-3-4-9-14/h5,7,10-11H,2-4,6,8-9H2,1H3,(H,15,16). The number of rotatable bonds is 8. The predicted molar refractivity (Wildman–Crippen MR) is 77.8 cm³/mol. The highest BCUT2D eigenvalue weighted by Crippen LogP contribution is 2.23. The van der Waals surface area contributed by atoms with Crippen molar-refractivity contribution in [1.29, 1.82) is 0 Å². The van der Waals surface area contributed by atoms with Gasteiger partial charge in [-0.3, -0.25) is 4.79 Å². The van der Waals surface area contributed by atoms with Crippen molar-refractivity contribution in [2.75, 3.05) is 5.33 Å². The molecule has 0 aliphatic carbocycles. The summed E-state index contributed by atoms with van der Waals surface area (Å²) in [4.78, 5) is 13.0. The van der Waals surface area contributed by atoms with Gasteiger partial charge in [0.2, 0.25) is 5.91 Å². The highest BCUT2D eigenvalue weighted by Gasteiger charge is 2.14. The Kier molecular flexibility index (Phi) is 7.53. The summed E-state index contributed by atoms with van der Waals surface area (Å²) in [5, 5.41) is 6.18. The number of nitrogens with one attached hydrogen (secondary N) is 1. The molecule has 1 unspecified atom stereocenters. The summed E-state index contributed by atoms with van der Waals surface area (Å²) in [5.74, 6) is 0.179. The number of hydrogen-bond donors (Lipinski definition) is 1. The topological polar surface area (TPSA) is 29.1 Å². The summed E-state index contributed by atoms with van der Waals surface area (Å²) in [5.41, 5.74) is 0. The van der Waals surface area contributed by atoms with Gasteiger partial charge in [-0.05, 0) is 30.7 Å². The Balaban J connectivity index is 2.41. The molecule has 0 radical (unpaired) electrons. The molecule has 0 saturated carbocycles. The van der Waals surface area contributed by atoms with Crippen molar-refractivity contribution >= 4 is 33.2 Å². The highest BCUT2D eigenvalue weighted by atomic mass is 79.9. The van der Waals surface area contributed by atoms with E-state index in [-0.39, 0.29) is 11.9 Å². The fourth-order valence-corrected chi connectivity index (χ4v) is 2.92. The first-order chi connectivity index (χ1) is 8.27. The molecule has 0 bridgehead atoms. The molecule has 0 spiro atoms. The van der Waals surface area contributed by atoms with E-state index >= 15 is 0 Å². The Bertz CT molecular complexity index is 313. The summed E-state index contributed by atoms with van der Waals surface area (Å²) in [6, 6.07) is 4.35. The van der Waals surface area contributed by atoms with Gasteiger partial charge in [0.15, 0.2) is 0 Å². The minimum Gasteiger partial charge on any atom is -0.348 e. The van der Waals surface area contributed by atoms with E-state index < -0.39 is 0 Å². The second-order valence-corrected chi connectivity index (χ2v) is 5.84. The smallest absolute Gasteiger partial charge is 0.220 e. The van der Waals surface area contributed by atoms with Crippen LogP contribution in [0.5, 0.6) is 0 Å². The first kappa shape index (κ1) is 14.7. The SMILES string of the molecule is CCCC(NC(=O)CCCCBr)c1cccs1. The van der Waals surface area contributed by atoms with Crippen LogP contribution in [-0.2, 0) is 4.79 Å². The summed E-state index contributed by atoms with van der Waals surface area (Å²) in [6.07, 6.45) is 4.76. The van der Waals surface area contributed by atoms with Crippen LogP contribution >= 0.6 is 27.3 Å². The fourth-order valence-electron chi connectivity index (χ4n) is 1.71. The molecule has 1 aromatic heterocycles. The zero-order valence-electron chi connectivity index (χ0n) is 10.2. The van der Waals surface area contributed by atoms with Crippen molar-refractivity contribution in [2.45, 2.75) is 45.1 Å². The lowest BCUT2D eigenvalue weighted by atomic mass is 10.1. The lowest BCUT2D eigenvalue weighted by molar-refractivity contribution is -0.122. The molecule has 1 amide bonds. The number of alkyl halides is 1. The molecule has 1 atom stereocenters. The van der Waals surface area contributed by atoms with Crippen LogP contribution < -0.4 is 5.32 Å². The Morgan fingerprint density at radius 1 is 1.53 bits per heavy atom. The zero-order valence-corrected chi connectivity index (χ0v) is 12.6. The quantitative estimate of drug-likeness (QED) is 0.563. The third-order valence-corrected chi connectivity index (χ3v) is 4.13. The van der Waals surface area contributed by atoms with E-state index in [0.717, 1.165) is 31.0 Å². The normalized spacial score (nSPS) is 12.4. The molecule has 0 aromatic carbocycles. The second-order valence-electron chi connectivity index (χ2n) is 4.07. The molecular formula is C13H20BrNOS. The molecule has 17 heavy (non-hydrogen) atoms. The van der Waals surface area contributed by atoms with Gasteiger partial charge in [-0.15, -0.1) is 11.3 Å². The average molecular weight is 318 g/mol. The van der Waals surface area contributed by atoms with Crippen LogP contribution in [0.15, 0.2) is 17.5 Å². The maximum Gasteiger partial charge on any atom is 0.220 e. The van der Waals surface area contributed by atoms with Crippen molar-refractivity contribution in [3.63, 3.8) is 0 Å². The van der Waals surface area contributed by atoms with Crippen LogP contribution in [0.4, 0.5) is 0 Å². The highest BCUT2D eigenvalue weighted by molar-refractivity contribution is 9.09. The van der Waals surface area contributed by atoms with E-state index in [4.69, 9.17) is 0 Å². The number of unbranched alkanes of at least 4 members (excludes halogenated alkanes) is 1. The van der Waals surface area contributed by atoms with Gasteiger partial charge in [-0.1, -0.05) is 35.3 Å². The minimum atomic E-state index is 0.179. The maximum atomic E-state index is 11.8. The van der Waals surface area contributed by atoms with Crippen molar-refractivity contribution < 1.29 is 4.79 Å². The molecule has 1 rings (SSSR count). The van der Waals surface area contributed by atoms with Gasteiger partial charge in [0.05, 0.1) is 6.04 Å². The Morgan fingerprint density at radius 3 is 2.94 bits per heavy atom. The third-order valence-electron chi connectivity index (χ3n) is 2.59. The lowest BCUT2D eigenvalue weighted by Gasteiger charge is -2.16. The molecule has 1 heterocycles. The van der Waals surface area contributed by atoms with Crippen molar-refractivity contribution in [3.8, 4) is 0 Å². The van der Waals surface area contributed by atoms with Crippen LogP contribution in [-0.4, -0.2) is 11.2 Å². The second kappa shape index (κ2) is 8.70. The summed E-state index contributed by atoms with van der Waals surface area (Å²) >= 11 is 5.10. The van der Waals surface area contributed by atoms with E-state index in [2.05, 4.69) is 39.6 Å². The molecule has 4 heteroatoms. The van der Waals surface area contributed by atoms with Gasteiger partial charge < -0.3 is 5.32 Å². The lowest BCUT2D eigenvalue weighted by Crippen LogP contribution is -2.27. The molecular weight excluding hydrogens is 298 g/mol. The van der Waals surface area contributed by atoms with E-state index in [9.17, 15) is 4.79 Å². The van der Waals surface area contributed by atoms with Crippen molar-refractivity contribution in [1.82, 2.24) is 5.32 Å². The number of halogens is 1. The molecule has 1 N–H and O–H groups in total. The number of amides is 1. The van der Waals surface area contributed by atoms with Crippen LogP contribution in [0.1, 0.15) is 49.9 Å². The third kappa shape index (κ3) is 5.68. The number of carbonyl (C=O) groups excluding carboxylic acids is 1. The Hall–Kier alpha value is -0.350. The molecule has 0 saturated heterocycles. The molecule has 96 valence electrons. The molecule has 0 aliphatic rings. The monoisotopic (exact) mass is 317 g/mol. The van der Waals surface area contributed by atoms with Gasteiger partial charge in [0, 0.05) is 16.6 Å². The van der Waals surface area contributed by atoms with Gasteiger partial charge >= 0.3 is 0 Å². The number of hydrogen-bond acceptors (Lipinski definition) is 2. The predicted octanol–water partition coefficient (Wildman–Crippen LogP) is 4.27. The number of carbonyl (C=O) groups is 1. The maximum absolute atomic E-state index is 11.8. The van der Waals surface area contributed by atoms with E-state index in [1.165, 1.54) is 4.88 Å². The largest absolute Gasteiger partial charge is 0.348 e. The van der Waals surface area contributed by atoms with E-state index in [1.807, 2.05) is 6.07 Å². The van der Waals surface area contributed by atoms with Crippen LogP contribution in [0, 0.1) is 0 Å². The molecule has 0 fully saturated rings. The first-order valence-electron chi connectivity index (χ1n) is 6.16. The Morgan fingerprint density at radius 2 is 2.35 bits per heavy atom. The van der Waals surface area contributed by atoms with Gasteiger partial charge in [-0.2, -0.15) is 0 Å². The average Bonchev–Trinajstić information content (AvgIpc) is 2.82. The number of thiophene rings is 1. The van der Waals surface area contributed by atoms with Crippen molar-refractivity contribution in [2.24, 2.45) is 0 Å². The molecule has 1 aromatic rings. The van der Waals surface area contributed by atoms with Crippen molar-refractivity contribution in [3.05, 3.63) is 22.4 Å². The minimum absolute atomic E-state index is 0.179. The fraction of sp³-hybridized carbons (Fsp3) is 0.615. The van der Waals surface area contributed by atoms with Crippen LogP contribution in [0.25, 0.3) is 0 Å². The van der Waals surface area contributed by atoms with E-state index in [0.29, 0.717) is 6.42 Å². The van der Waals surface area contributed by atoms with Gasteiger partial charge in [-0.25, -0.2) is 0 Å². The van der Waals surface area contributed by atoms with E-state index in [1.54, 1.807) is 11.3 Å². The summed E-state index contributed by atoms with van der Waals surface area (Å²) in [7, 11) is 0. The zero-order chi connectivity index (χ0) is 12.5. The summed E-state index contributed by atoms with van der Waals surface area (Å²) < 4.78 is 0.